The highest BCUT2D eigenvalue weighted by Crippen LogP contribution is 2.36. The molecule has 10 heteroatoms. The van der Waals surface area contributed by atoms with Gasteiger partial charge in [-0.2, -0.15) is 20.3 Å². The second-order valence-electron chi connectivity index (χ2n) is 6.95. The number of carbonyl (C=O) groups is 3. The van der Waals surface area contributed by atoms with Gasteiger partial charge in [-0.05, 0) is 24.6 Å². The number of benzene rings is 1. The van der Waals surface area contributed by atoms with Gasteiger partial charge in [0.25, 0.3) is 11.8 Å². The second-order valence-corrected chi connectivity index (χ2v) is 6.95. The largest absolute Gasteiger partial charge is 0.477 e. The lowest BCUT2D eigenvalue weighted by Gasteiger charge is -2.15. The van der Waals surface area contributed by atoms with Gasteiger partial charge >= 0.3 is 5.97 Å². The zero-order chi connectivity index (χ0) is 21.7. The minimum absolute atomic E-state index is 0.0435. The summed E-state index contributed by atoms with van der Waals surface area (Å²) in [6, 6.07) is 6.16. The van der Waals surface area contributed by atoms with Crippen molar-refractivity contribution in [3.8, 4) is 12.3 Å². The van der Waals surface area contributed by atoms with Crippen LogP contribution in [0.2, 0.25) is 0 Å². The van der Waals surface area contributed by atoms with Gasteiger partial charge in [-0.1, -0.05) is 6.07 Å². The Hall–Kier alpha value is -3.58. The van der Waals surface area contributed by atoms with Crippen LogP contribution in [0.1, 0.15) is 36.0 Å². The maximum absolute atomic E-state index is 12.6. The molecule has 2 aliphatic heterocycles. The van der Waals surface area contributed by atoms with Crippen LogP contribution in [0.4, 0.5) is 5.69 Å². The van der Waals surface area contributed by atoms with Crippen LogP contribution in [0, 0.1) is 18.3 Å². The van der Waals surface area contributed by atoms with Gasteiger partial charge in [0.15, 0.2) is 11.4 Å². The topological polar surface area (TPSA) is 144 Å². The van der Waals surface area contributed by atoms with Gasteiger partial charge in [0.2, 0.25) is 0 Å². The molecule has 0 spiro atoms. The van der Waals surface area contributed by atoms with E-state index in [1.54, 1.807) is 18.2 Å². The molecule has 1 unspecified atom stereocenters. The number of aliphatic carboxylic acids is 1. The van der Waals surface area contributed by atoms with Crippen molar-refractivity contribution in [1.29, 1.82) is 0 Å². The molecule has 30 heavy (non-hydrogen) atoms. The first-order valence-corrected chi connectivity index (χ1v) is 9.43. The number of rotatable bonds is 10. The number of carboxylic acids is 1. The standard InChI is InChI=1S/C20H21N5O5/c1-2-3-8-20(23-24-20)9-10-21-17(27)13-5-4-6-14(12-13)25-18(28)15(7-11-26)16(22-25)19(29)30/h1,4-6,12,15,26H,3,7-11H2,(H,21,27)(H,29,30). The number of aliphatic hydroxyl groups excluding tert-OH is 1. The van der Waals surface area contributed by atoms with E-state index in [-0.39, 0.29) is 30.3 Å². The Morgan fingerprint density at radius 3 is 2.70 bits per heavy atom. The van der Waals surface area contributed by atoms with Crippen LogP contribution in [-0.4, -0.2) is 52.5 Å². The summed E-state index contributed by atoms with van der Waals surface area (Å²) >= 11 is 0. The van der Waals surface area contributed by atoms with E-state index in [0.717, 1.165) is 5.01 Å². The molecule has 0 aliphatic carbocycles. The molecule has 156 valence electrons. The predicted molar refractivity (Wildman–Crippen MR) is 107 cm³/mol. The SMILES string of the molecule is C#CCCC1(CCNC(=O)c2cccc(N3N=C(C(=O)O)C(CCO)C3=O)c2)N=N1. The number of hydrogen-bond acceptors (Lipinski definition) is 7. The van der Waals surface area contributed by atoms with Crippen molar-refractivity contribution < 1.29 is 24.6 Å². The van der Waals surface area contributed by atoms with Crippen LogP contribution in [0.5, 0.6) is 0 Å². The van der Waals surface area contributed by atoms with Gasteiger partial charge in [-0.3, -0.25) is 9.59 Å². The summed E-state index contributed by atoms with van der Waals surface area (Å²) in [6.07, 6.45) is 6.96. The Labute approximate surface area is 172 Å². The highest BCUT2D eigenvalue weighted by Gasteiger charge is 2.40. The van der Waals surface area contributed by atoms with Crippen molar-refractivity contribution in [3.05, 3.63) is 29.8 Å². The molecule has 1 aromatic carbocycles. The number of hydrazone groups is 1. The summed E-state index contributed by atoms with van der Waals surface area (Å²) in [5.41, 5.74) is -0.268. The number of nitrogens with one attached hydrogen (secondary N) is 1. The summed E-state index contributed by atoms with van der Waals surface area (Å²) in [7, 11) is 0. The molecule has 0 saturated heterocycles. The van der Waals surface area contributed by atoms with Crippen LogP contribution in [-0.2, 0) is 9.59 Å². The first-order valence-electron chi connectivity index (χ1n) is 9.43. The average Bonchev–Trinajstić information content (AvgIpc) is 3.43. The highest BCUT2D eigenvalue weighted by atomic mass is 16.4. The minimum atomic E-state index is -1.33. The van der Waals surface area contributed by atoms with Crippen molar-refractivity contribution in [2.75, 3.05) is 18.2 Å². The Kier molecular flexibility index (Phi) is 6.23. The van der Waals surface area contributed by atoms with E-state index >= 15 is 0 Å². The molecule has 0 bridgehead atoms. The number of terminal acetylenes is 1. The van der Waals surface area contributed by atoms with Crippen molar-refractivity contribution in [2.45, 2.75) is 31.3 Å². The molecule has 1 atom stereocenters. The van der Waals surface area contributed by atoms with E-state index in [2.05, 4.69) is 26.6 Å². The molecule has 2 amide bonds. The first kappa shape index (κ1) is 21.1. The molecular formula is C20H21N5O5. The fraction of sp³-hybridized carbons (Fsp3) is 0.400. The summed E-state index contributed by atoms with van der Waals surface area (Å²) in [6.45, 7) is 0.00354. The van der Waals surface area contributed by atoms with Crippen molar-refractivity contribution in [3.63, 3.8) is 0 Å². The minimum Gasteiger partial charge on any atom is -0.477 e. The van der Waals surface area contributed by atoms with Gasteiger partial charge in [0, 0.05) is 38.0 Å². The number of hydrogen-bond donors (Lipinski definition) is 3. The zero-order valence-corrected chi connectivity index (χ0v) is 16.1. The van der Waals surface area contributed by atoms with Gasteiger partial charge in [-0.25, -0.2) is 4.79 Å². The molecule has 0 radical (unpaired) electrons. The molecule has 0 aromatic heterocycles. The second kappa shape index (κ2) is 8.84. The lowest BCUT2D eigenvalue weighted by Crippen LogP contribution is -2.31. The van der Waals surface area contributed by atoms with Crippen molar-refractivity contribution >= 4 is 29.2 Å². The van der Waals surface area contributed by atoms with Gasteiger partial charge < -0.3 is 15.5 Å². The average molecular weight is 411 g/mol. The van der Waals surface area contributed by atoms with Gasteiger partial charge in [0.1, 0.15) is 0 Å². The van der Waals surface area contributed by atoms with Crippen LogP contribution >= 0.6 is 0 Å². The Bertz CT molecular complexity index is 959. The molecule has 3 rings (SSSR count). The summed E-state index contributed by atoms with van der Waals surface area (Å²) < 4.78 is 0. The van der Waals surface area contributed by atoms with Gasteiger partial charge in [-0.15, -0.1) is 12.3 Å². The molecule has 1 aromatic rings. The fourth-order valence-corrected chi connectivity index (χ4v) is 3.18. The van der Waals surface area contributed by atoms with Crippen molar-refractivity contribution in [2.24, 2.45) is 21.2 Å². The normalized spacial score (nSPS) is 18.7. The number of aliphatic hydroxyl groups is 1. The molecule has 3 N–H and O–H groups in total. The summed E-state index contributed by atoms with van der Waals surface area (Å²) in [5.74, 6) is -0.732. The van der Waals surface area contributed by atoms with E-state index in [1.807, 2.05) is 0 Å². The lowest BCUT2D eigenvalue weighted by molar-refractivity contribution is -0.130. The van der Waals surface area contributed by atoms with E-state index in [9.17, 15) is 19.5 Å². The number of anilines is 1. The molecule has 2 heterocycles. The monoisotopic (exact) mass is 411 g/mol. The molecule has 10 nitrogen and oxygen atoms in total. The van der Waals surface area contributed by atoms with E-state index in [1.165, 1.54) is 6.07 Å². The van der Waals surface area contributed by atoms with E-state index in [4.69, 9.17) is 11.5 Å². The third kappa shape index (κ3) is 4.52. The third-order valence-electron chi connectivity index (χ3n) is 4.90. The molecule has 0 fully saturated rings. The smallest absolute Gasteiger partial charge is 0.352 e. The number of carbonyl (C=O) groups excluding carboxylic acids is 2. The van der Waals surface area contributed by atoms with E-state index in [0.29, 0.717) is 31.4 Å². The number of amides is 2. The maximum Gasteiger partial charge on any atom is 0.352 e. The highest BCUT2D eigenvalue weighted by molar-refractivity contribution is 6.43. The molecule has 2 aliphatic rings. The Morgan fingerprint density at radius 1 is 1.30 bits per heavy atom. The summed E-state index contributed by atoms with van der Waals surface area (Å²) in [4.78, 5) is 36.4. The quantitative estimate of drug-likeness (QED) is 0.495. The van der Waals surface area contributed by atoms with Crippen LogP contribution in [0.15, 0.2) is 39.6 Å². The van der Waals surface area contributed by atoms with Gasteiger partial charge in [0.05, 0.1) is 11.6 Å². The number of carboxylic acid groups (broad SMARTS) is 1. The maximum atomic E-state index is 12.6. The lowest BCUT2D eigenvalue weighted by atomic mass is 10.00. The predicted octanol–water partition coefficient (Wildman–Crippen LogP) is 1.17. The van der Waals surface area contributed by atoms with Crippen LogP contribution in [0.25, 0.3) is 0 Å². The number of nitrogens with zero attached hydrogens (tertiary/aromatic N) is 4. The van der Waals surface area contributed by atoms with E-state index < -0.39 is 23.5 Å². The fourth-order valence-electron chi connectivity index (χ4n) is 3.18. The third-order valence-corrected chi connectivity index (χ3v) is 4.90. The summed E-state index contributed by atoms with van der Waals surface area (Å²) in [5, 5.41) is 34.0. The first-order chi connectivity index (χ1) is 14.4. The van der Waals surface area contributed by atoms with Crippen LogP contribution < -0.4 is 10.3 Å². The molecular weight excluding hydrogens is 390 g/mol. The van der Waals surface area contributed by atoms with Crippen molar-refractivity contribution in [1.82, 2.24) is 5.32 Å². The zero-order valence-electron chi connectivity index (χ0n) is 16.1. The molecule has 0 saturated carbocycles. The Balaban J connectivity index is 1.66. The van der Waals surface area contributed by atoms with Crippen LogP contribution in [0.3, 0.4) is 0 Å². The Morgan fingerprint density at radius 2 is 2.07 bits per heavy atom.